The molecule has 2 heterocycles. The molecule has 1 amide bonds. The lowest BCUT2D eigenvalue weighted by molar-refractivity contribution is -0.115. The van der Waals surface area contributed by atoms with Crippen LogP contribution in [0, 0.1) is 6.92 Å². The molecule has 0 radical (unpaired) electrons. The van der Waals surface area contributed by atoms with Gasteiger partial charge < -0.3 is 5.32 Å². The highest BCUT2D eigenvalue weighted by atomic mass is 32.2. The monoisotopic (exact) mass is 294 g/mol. The molecule has 0 aliphatic carbocycles. The van der Waals surface area contributed by atoms with Crippen molar-refractivity contribution in [3.8, 4) is 0 Å². The molecule has 0 saturated carbocycles. The minimum absolute atomic E-state index is 0.0429. The second-order valence-electron chi connectivity index (χ2n) is 3.84. The number of anilines is 1. The van der Waals surface area contributed by atoms with Crippen molar-refractivity contribution in [2.75, 3.05) is 5.32 Å². The van der Waals surface area contributed by atoms with Crippen LogP contribution >= 0.6 is 23.1 Å². The van der Waals surface area contributed by atoms with Crippen molar-refractivity contribution in [2.45, 2.75) is 30.5 Å². The second kappa shape index (κ2) is 6.63. The van der Waals surface area contributed by atoms with E-state index in [4.69, 9.17) is 0 Å². The van der Waals surface area contributed by atoms with Gasteiger partial charge in [-0.2, -0.15) is 0 Å². The fourth-order valence-electron chi connectivity index (χ4n) is 1.43. The Morgan fingerprint density at radius 1 is 1.47 bits per heavy atom. The van der Waals surface area contributed by atoms with Crippen LogP contribution in [0.1, 0.15) is 19.0 Å². The second-order valence-corrected chi connectivity index (χ2v) is 5.96. The van der Waals surface area contributed by atoms with Crippen LogP contribution in [0.2, 0.25) is 0 Å². The van der Waals surface area contributed by atoms with E-state index >= 15 is 0 Å². The molecular weight excluding hydrogens is 280 g/mol. The first-order chi connectivity index (χ1) is 9.19. The quantitative estimate of drug-likeness (QED) is 0.678. The highest BCUT2D eigenvalue weighted by Gasteiger charge is 2.19. The summed E-state index contributed by atoms with van der Waals surface area (Å²) in [7, 11) is 0. The lowest BCUT2D eigenvalue weighted by Crippen LogP contribution is -2.24. The Hall–Kier alpha value is -1.47. The van der Waals surface area contributed by atoms with Crippen molar-refractivity contribution in [1.29, 1.82) is 0 Å². The van der Waals surface area contributed by atoms with Crippen LogP contribution in [0.3, 0.4) is 0 Å². The first-order valence-corrected chi connectivity index (χ1v) is 7.60. The van der Waals surface area contributed by atoms with Gasteiger partial charge in [0.1, 0.15) is 11.4 Å². The van der Waals surface area contributed by atoms with Crippen molar-refractivity contribution in [3.05, 3.63) is 29.7 Å². The van der Waals surface area contributed by atoms with Gasteiger partial charge in [-0.25, -0.2) is 15.0 Å². The fourth-order valence-corrected chi connectivity index (χ4v) is 2.94. The van der Waals surface area contributed by atoms with E-state index in [2.05, 4.69) is 20.3 Å². The summed E-state index contributed by atoms with van der Waals surface area (Å²) in [6.45, 7) is 3.88. The summed E-state index contributed by atoms with van der Waals surface area (Å²) in [6.07, 6.45) is 3.91. The number of nitrogens with one attached hydrogen (secondary N) is 1. The molecule has 19 heavy (non-hydrogen) atoms. The Morgan fingerprint density at radius 3 is 2.95 bits per heavy atom. The number of hydrogen-bond acceptors (Lipinski definition) is 6. The Bertz CT molecular complexity index is 544. The molecule has 0 bridgehead atoms. The maximum Gasteiger partial charge on any atom is 0.239 e. The summed E-state index contributed by atoms with van der Waals surface area (Å²) in [5.41, 5.74) is 0.896. The van der Waals surface area contributed by atoms with Crippen molar-refractivity contribution in [1.82, 2.24) is 15.0 Å². The number of thiazole rings is 1. The number of hydrogen-bond donors (Lipinski definition) is 1. The molecule has 2 aromatic rings. The third-order valence-electron chi connectivity index (χ3n) is 2.37. The van der Waals surface area contributed by atoms with Gasteiger partial charge in [-0.3, -0.25) is 4.79 Å². The van der Waals surface area contributed by atoms with E-state index < -0.39 is 0 Å². The predicted molar refractivity (Wildman–Crippen MR) is 77.4 cm³/mol. The van der Waals surface area contributed by atoms with Gasteiger partial charge >= 0.3 is 0 Å². The Labute approximate surface area is 119 Å². The van der Waals surface area contributed by atoms with E-state index in [-0.39, 0.29) is 11.2 Å². The van der Waals surface area contributed by atoms with Gasteiger partial charge in [0.15, 0.2) is 5.13 Å². The first kappa shape index (κ1) is 14.0. The first-order valence-electron chi connectivity index (χ1n) is 5.84. The van der Waals surface area contributed by atoms with Gasteiger partial charge in [-0.1, -0.05) is 18.7 Å². The third kappa shape index (κ3) is 4.00. The minimum atomic E-state index is -0.182. The van der Waals surface area contributed by atoms with Crippen LogP contribution in [-0.2, 0) is 4.79 Å². The fraction of sp³-hybridized carbons (Fsp3) is 0.333. The van der Waals surface area contributed by atoms with Crippen molar-refractivity contribution in [2.24, 2.45) is 0 Å². The van der Waals surface area contributed by atoms with Crippen molar-refractivity contribution in [3.63, 3.8) is 0 Å². The van der Waals surface area contributed by atoms with Gasteiger partial charge in [-0.05, 0) is 19.4 Å². The summed E-state index contributed by atoms with van der Waals surface area (Å²) in [4.78, 5) is 24.4. The molecular formula is C12H14N4OS2. The summed E-state index contributed by atoms with van der Waals surface area (Å²) in [5, 5.41) is 5.90. The number of aromatic nitrogens is 3. The van der Waals surface area contributed by atoms with Crippen molar-refractivity contribution >= 4 is 34.1 Å². The maximum atomic E-state index is 12.1. The largest absolute Gasteiger partial charge is 0.301 e. The van der Waals surface area contributed by atoms with E-state index in [1.807, 2.05) is 25.3 Å². The molecule has 7 heteroatoms. The van der Waals surface area contributed by atoms with Crippen LogP contribution in [0.4, 0.5) is 5.13 Å². The number of thioether (sulfide) groups is 1. The number of carbonyl (C=O) groups is 1. The lowest BCUT2D eigenvalue weighted by Gasteiger charge is -2.12. The van der Waals surface area contributed by atoms with E-state index in [0.717, 1.165) is 17.1 Å². The summed E-state index contributed by atoms with van der Waals surface area (Å²) in [6, 6.07) is 1.88. The molecule has 2 aromatic heterocycles. The molecule has 1 unspecified atom stereocenters. The molecule has 2 rings (SSSR count). The zero-order valence-corrected chi connectivity index (χ0v) is 12.3. The molecule has 1 atom stereocenters. The molecule has 0 aliphatic heterocycles. The molecule has 5 nitrogen and oxygen atoms in total. The highest BCUT2D eigenvalue weighted by Crippen LogP contribution is 2.25. The number of aryl methyl sites for hydroxylation is 1. The zero-order chi connectivity index (χ0) is 13.7. The van der Waals surface area contributed by atoms with Crippen molar-refractivity contribution < 1.29 is 4.79 Å². The van der Waals surface area contributed by atoms with Crippen LogP contribution in [0.25, 0.3) is 0 Å². The number of amides is 1. The maximum absolute atomic E-state index is 12.1. The summed E-state index contributed by atoms with van der Waals surface area (Å²) in [5.74, 6) is -0.0429. The Kier molecular flexibility index (Phi) is 4.86. The molecule has 0 aliphatic rings. The minimum Gasteiger partial charge on any atom is -0.301 e. The third-order valence-corrected chi connectivity index (χ3v) is 4.35. The smallest absolute Gasteiger partial charge is 0.239 e. The predicted octanol–water partition coefficient (Wildman–Crippen LogP) is 2.75. The standard InChI is InChI=1S/C12H14N4OS2/c1-3-9(11(17)16-12-13-4-5-18-12)19-10-6-8(2)14-7-15-10/h4-7,9H,3H2,1-2H3,(H,13,16,17). The average molecular weight is 294 g/mol. The molecule has 0 spiro atoms. The Balaban J connectivity index is 2.01. The summed E-state index contributed by atoms with van der Waals surface area (Å²) >= 11 is 2.86. The molecule has 0 fully saturated rings. The van der Waals surface area contributed by atoms with Crippen LogP contribution in [-0.4, -0.2) is 26.1 Å². The van der Waals surface area contributed by atoms with Gasteiger partial charge in [0.05, 0.1) is 5.25 Å². The van der Waals surface area contributed by atoms with Gasteiger partial charge in [-0.15, -0.1) is 11.3 Å². The molecule has 0 saturated heterocycles. The van der Waals surface area contributed by atoms with E-state index in [1.165, 1.54) is 29.4 Å². The number of nitrogens with zero attached hydrogens (tertiary/aromatic N) is 3. The lowest BCUT2D eigenvalue weighted by atomic mass is 10.3. The van der Waals surface area contributed by atoms with Gasteiger partial charge in [0.2, 0.25) is 5.91 Å². The summed E-state index contributed by atoms with van der Waals surface area (Å²) < 4.78 is 0. The Morgan fingerprint density at radius 2 is 2.32 bits per heavy atom. The SMILES string of the molecule is CCC(Sc1cc(C)ncn1)C(=O)Nc1nccs1. The molecule has 0 aromatic carbocycles. The van der Waals surface area contributed by atoms with Crippen LogP contribution in [0.5, 0.6) is 0 Å². The van der Waals surface area contributed by atoms with Gasteiger partial charge in [0, 0.05) is 17.3 Å². The highest BCUT2D eigenvalue weighted by molar-refractivity contribution is 8.00. The van der Waals surface area contributed by atoms with Crippen LogP contribution in [0.15, 0.2) is 29.0 Å². The normalized spacial score (nSPS) is 12.1. The zero-order valence-electron chi connectivity index (χ0n) is 10.7. The number of carbonyl (C=O) groups excluding carboxylic acids is 1. The topological polar surface area (TPSA) is 67.8 Å². The molecule has 100 valence electrons. The number of rotatable bonds is 5. The van der Waals surface area contributed by atoms with E-state index in [1.54, 1.807) is 6.20 Å². The molecule has 1 N–H and O–H groups in total. The van der Waals surface area contributed by atoms with Crippen LogP contribution < -0.4 is 5.32 Å². The average Bonchev–Trinajstić information content (AvgIpc) is 2.88. The van der Waals surface area contributed by atoms with E-state index in [0.29, 0.717) is 5.13 Å². The van der Waals surface area contributed by atoms with E-state index in [9.17, 15) is 4.79 Å². The van der Waals surface area contributed by atoms with Gasteiger partial charge in [0.25, 0.3) is 0 Å².